The second-order valence-corrected chi connectivity index (χ2v) is 11.2. The molecule has 39 heavy (non-hydrogen) atoms. The Bertz CT molecular complexity index is 1900. The molecule has 0 fully saturated rings. The molecule has 1 aliphatic rings. The zero-order valence-corrected chi connectivity index (χ0v) is 21.5. The number of rotatable bonds is 4. The molecule has 0 atom stereocenters. The van der Waals surface area contributed by atoms with Crippen LogP contribution in [0.1, 0.15) is 0 Å². The normalized spacial score (nSPS) is 13.0. The van der Waals surface area contributed by atoms with Crippen molar-refractivity contribution in [3.8, 4) is 56.4 Å². The van der Waals surface area contributed by atoms with Crippen LogP contribution in [0.5, 0.6) is 0 Å². The zero-order valence-electron chi connectivity index (χ0n) is 20.7. The zero-order chi connectivity index (χ0) is 26.4. The minimum Gasteiger partial charge on any atom is -0.218 e. The van der Waals surface area contributed by atoms with E-state index in [0.717, 1.165) is 22.3 Å². The summed E-state index contributed by atoms with van der Waals surface area (Å²) >= 11 is 0. The minimum absolute atomic E-state index is 0.267. The lowest BCUT2D eigenvalue weighted by Crippen LogP contribution is -2.01. The highest BCUT2D eigenvalue weighted by Gasteiger charge is 2.33. The summed E-state index contributed by atoms with van der Waals surface area (Å²) in [4.78, 5) is 14.8. The number of benzene rings is 5. The molecule has 0 amide bonds. The van der Waals surface area contributed by atoms with Crippen LogP contribution in [0.3, 0.4) is 0 Å². The molecule has 1 aliphatic heterocycles. The summed E-state index contributed by atoms with van der Waals surface area (Å²) in [5.74, 6) is 1.47. The molecule has 5 aromatic carbocycles. The number of aromatic nitrogens is 3. The van der Waals surface area contributed by atoms with Crippen LogP contribution in [0.25, 0.3) is 56.4 Å². The van der Waals surface area contributed by atoms with Gasteiger partial charge in [-0.2, -0.15) is 0 Å². The van der Waals surface area contributed by atoms with Crippen molar-refractivity contribution in [2.75, 3.05) is 0 Å². The van der Waals surface area contributed by atoms with Gasteiger partial charge in [0.1, 0.15) is 0 Å². The molecular formula is C33H21N3O2S. The minimum atomic E-state index is -3.72. The highest BCUT2D eigenvalue weighted by molar-refractivity contribution is 7.92. The van der Waals surface area contributed by atoms with Gasteiger partial charge in [-0.1, -0.05) is 115 Å². The summed E-state index contributed by atoms with van der Waals surface area (Å²) in [7, 11) is -3.72. The molecule has 7 rings (SSSR count). The maximum Gasteiger partial charge on any atom is 0.207 e. The van der Waals surface area contributed by atoms with Gasteiger partial charge in [-0.15, -0.1) is 0 Å². The molecule has 6 heteroatoms. The van der Waals surface area contributed by atoms with Crippen LogP contribution >= 0.6 is 0 Å². The van der Waals surface area contributed by atoms with Crippen LogP contribution in [0.15, 0.2) is 137 Å². The monoisotopic (exact) mass is 523 g/mol. The Morgan fingerprint density at radius 2 is 0.769 bits per heavy atom. The molecule has 5 nitrogen and oxygen atoms in total. The van der Waals surface area contributed by atoms with E-state index in [1.165, 1.54) is 0 Å². The van der Waals surface area contributed by atoms with Gasteiger partial charge in [-0.3, -0.25) is 0 Å². The summed E-state index contributed by atoms with van der Waals surface area (Å²) in [5.41, 5.74) is 5.56. The number of fused-ring (bicyclic) bond motifs is 3. The molecule has 0 spiro atoms. The largest absolute Gasteiger partial charge is 0.218 e. The van der Waals surface area contributed by atoms with E-state index in [2.05, 4.69) is 0 Å². The summed E-state index contributed by atoms with van der Waals surface area (Å²) in [5, 5.41) is 0. The molecule has 0 saturated heterocycles. The molecule has 0 saturated carbocycles. The van der Waals surface area contributed by atoms with Gasteiger partial charge in [0.05, 0.1) is 9.79 Å². The quantitative estimate of drug-likeness (QED) is 0.241. The highest BCUT2D eigenvalue weighted by atomic mass is 32.2. The van der Waals surface area contributed by atoms with Crippen molar-refractivity contribution in [2.24, 2.45) is 0 Å². The van der Waals surface area contributed by atoms with Crippen molar-refractivity contribution in [3.05, 3.63) is 127 Å². The van der Waals surface area contributed by atoms with Gasteiger partial charge < -0.3 is 0 Å². The maximum atomic E-state index is 13.8. The first-order chi connectivity index (χ1) is 19.1. The number of hydrogen-bond acceptors (Lipinski definition) is 5. The average molecular weight is 524 g/mol. The Hall–Kier alpha value is -4.94. The fourth-order valence-electron chi connectivity index (χ4n) is 4.94. The Balaban J connectivity index is 1.37. The topological polar surface area (TPSA) is 72.8 Å². The van der Waals surface area contributed by atoms with Crippen molar-refractivity contribution in [1.82, 2.24) is 15.0 Å². The predicted molar refractivity (Wildman–Crippen MR) is 152 cm³/mol. The van der Waals surface area contributed by atoms with Crippen LogP contribution in [0.2, 0.25) is 0 Å². The first-order valence-electron chi connectivity index (χ1n) is 12.5. The van der Waals surface area contributed by atoms with E-state index < -0.39 is 9.84 Å². The molecular weight excluding hydrogens is 502 g/mol. The first-order valence-corrected chi connectivity index (χ1v) is 14.0. The number of nitrogens with zero attached hydrogens (tertiary/aromatic N) is 3. The fraction of sp³-hybridized carbons (Fsp3) is 0. The predicted octanol–water partition coefficient (Wildman–Crippen LogP) is 7.35. The van der Waals surface area contributed by atoms with Gasteiger partial charge >= 0.3 is 0 Å². The van der Waals surface area contributed by atoms with Gasteiger partial charge in [0.2, 0.25) is 9.84 Å². The van der Waals surface area contributed by atoms with E-state index in [1.807, 2.05) is 115 Å². The van der Waals surface area contributed by atoms with E-state index in [4.69, 9.17) is 15.0 Å². The summed E-state index contributed by atoms with van der Waals surface area (Å²) in [6.07, 6.45) is 0. The van der Waals surface area contributed by atoms with Gasteiger partial charge in [0, 0.05) is 27.8 Å². The molecule has 0 aliphatic carbocycles. The van der Waals surface area contributed by atoms with Crippen molar-refractivity contribution in [2.45, 2.75) is 9.79 Å². The van der Waals surface area contributed by atoms with Gasteiger partial charge in [0.25, 0.3) is 0 Å². The van der Waals surface area contributed by atoms with Crippen LogP contribution in [0.4, 0.5) is 0 Å². The number of hydrogen-bond donors (Lipinski definition) is 0. The smallest absolute Gasteiger partial charge is 0.207 e. The van der Waals surface area contributed by atoms with E-state index in [9.17, 15) is 8.42 Å². The molecule has 0 bridgehead atoms. The van der Waals surface area contributed by atoms with Crippen LogP contribution in [0, 0.1) is 0 Å². The fourth-order valence-corrected chi connectivity index (χ4v) is 6.68. The summed E-state index contributed by atoms with van der Waals surface area (Å²) < 4.78 is 27.5. The van der Waals surface area contributed by atoms with Crippen LogP contribution < -0.4 is 0 Å². The lowest BCUT2D eigenvalue weighted by Gasteiger charge is -2.09. The van der Waals surface area contributed by atoms with E-state index in [0.29, 0.717) is 39.1 Å². The third kappa shape index (κ3) is 4.02. The molecule has 6 aromatic rings. The van der Waals surface area contributed by atoms with Gasteiger partial charge in [0.15, 0.2) is 17.5 Å². The number of sulfone groups is 1. The van der Waals surface area contributed by atoms with Crippen molar-refractivity contribution in [3.63, 3.8) is 0 Å². The second kappa shape index (κ2) is 9.11. The second-order valence-electron chi connectivity index (χ2n) is 9.33. The maximum absolute atomic E-state index is 13.8. The molecule has 2 heterocycles. The Morgan fingerprint density at radius 1 is 0.385 bits per heavy atom. The standard InChI is InChI=1S/C33H21N3O2S/c37-39(38)29-20-25(22-10-4-1-5-11-22)16-18-27(29)28-19-17-26(21-30(28)39)33-35-31(23-12-6-2-7-13-23)34-32(36-33)24-14-8-3-9-15-24/h1-21H. The van der Waals surface area contributed by atoms with Gasteiger partial charge in [-0.25, -0.2) is 23.4 Å². The first kappa shape index (κ1) is 23.2. The lowest BCUT2D eigenvalue weighted by molar-refractivity contribution is 0.599. The highest BCUT2D eigenvalue weighted by Crippen LogP contribution is 2.45. The van der Waals surface area contributed by atoms with E-state index >= 15 is 0 Å². The van der Waals surface area contributed by atoms with Gasteiger partial charge in [-0.05, 0) is 23.3 Å². The Labute approximate surface area is 226 Å². The van der Waals surface area contributed by atoms with Crippen LogP contribution in [-0.4, -0.2) is 23.4 Å². The molecule has 1 aromatic heterocycles. The lowest BCUT2D eigenvalue weighted by atomic mass is 9.99. The molecule has 0 radical (unpaired) electrons. The SMILES string of the molecule is O=S1(=O)c2cc(-c3ccccc3)ccc2-c2ccc(-c3nc(-c4ccccc4)nc(-c4ccccc4)n3)cc21. The molecule has 0 unspecified atom stereocenters. The summed E-state index contributed by atoms with van der Waals surface area (Å²) in [6.45, 7) is 0. The van der Waals surface area contributed by atoms with Crippen LogP contribution in [-0.2, 0) is 9.84 Å². The van der Waals surface area contributed by atoms with Crippen molar-refractivity contribution < 1.29 is 8.42 Å². The summed E-state index contributed by atoms with van der Waals surface area (Å²) in [6, 6.07) is 40.2. The third-order valence-corrected chi connectivity index (χ3v) is 8.73. The van der Waals surface area contributed by atoms with E-state index in [-0.39, 0.29) is 4.90 Å². The van der Waals surface area contributed by atoms with Crippen molar-refractivity contribution in [1.29, 1.82) is 0 Å². The third-order valence-electron chi connectivity index (χ3n) is 6.90. The Morgan fingerprint density at radius 3 is 1.26 bits per heavy atom. The molecule has 186 valence electrons. The molecule has 0 N–H and O–H groups in total. The Kier molecular flexibility index (Phi) is 5.42. The van der Waals surface area contributed by atoms with Crippen molar-refractivity contribution >= 4 is 9.84 Å². The van der Waals surface area contributed by atoms with E-state index in [1.54, 1.807) is 12.1 Å². The average Bonchev–Trinajstić information content (AvgIpc) is 3.23.